The van der Waals surface area contributed by atoms with Gasteiger partial charge in [0.1, 0.15) is 13.2 Å². The van der Waals surface area contributed by atoms with Gasteiger partial charge in [-0.2, -0.15) is 0 Å². The van der Waals surface area contributed by atoms with E-state index in [2.05, 4.69) is 118 Å². The minimum absolute atomic E-state index is 0.105. The molecule has 6 nitrogen and oxygen atoms in total. The molecule has 0 fully saturated rings. The van der Waals surface area contributed by atoms with E-state index in [0.29, 0.717) is 19.3 Å². The van der Waals surface area contributed by atoms with Gasteiger partial charge < -0.3 is 14.2 Å². The summed E-state index contributed by atoms with van der Waals surface area (Å²) in [5, 5.41) is 0. The van der Waals surface area contributed by atoms with E-state index in [-0.39, 0.29) is 31.1 Å². The molecule has 0 amide bonds. The third-order valence-corrected chi connectivity index (χ3v) is 10.0. The molecule has 0 aromatic rings. The number of allylic oxidation sites excluding steroid dienone is 16. The molecule has 0 N–H and O–H groups in total. The van der Waals surface area contributed by atoms with Crippen molar-refractivity contribution in [2.75, 3.05) is 13.2 Å². The van der Waals surface area contributed by atoms with Gasteiger partial charge >= 0.3 is 17.9 Å². The molecule has 346 valence electrons. The van der Waals surface area contributed by atoms with E-state index in [9.17, 15) is 14.4 Å². The largest absolute Gasteiger partial charge is 0.462 e. The predicted molar refractivity (Wildman–Crippen MR) is 260 cm³/mol. The van der Waals surface area contributed by atoms with Crippen molar-refractivity contribution in [3.63, 3.8) is 0 Å². The van der Waals surface area contributed by atoms with Crippen LogP contribution >= 0.6 is 0 Å². The Bertz CT molecular complexity index is 1250. The van der Waals surface area contributed by atoms with E-state index in [0.717, 1.165) is 135 Å². The average molecular weight is 847 g/mol. The maximum Gasteiger partial charge on any atom is 0.306 e. The van der Waals surface area contributed by atoms with E-state index in [1.165, 1.54) is 38.5 Å². The van der Waals surface area contributed by atoms with Crippen molar-refractivity contribution in [1.82, 2.24) is 0 Å². The maximum atomic E-state index is 12.8. The Hall–Kier alpha value is -3.67. The molecule has 6 heteroatoms. The second kappa shape index (κ2) is 49.0. The summed E-state index contributed by atoms with van der Waals surface area (Å²) in [4.78, 5) is 37.9. The van der Waals surface area contributed by atoms with E-state index < -0.39 is 6.10 Å². The first kappa shape index (κ1) is 57.3. The fourth-order valence-electron chi connectivity index (χ4n) is 6.29. The van der Waals surface area contributed by atoms with Gasteiger partial charge in [-0.25, -0.2) is 0 Å². The Morgan fingerprint density at radius 1 is 0.344 bits per heavy atom. The van der Waals surface area contributed by atoms with Gasteiger partial charge in [0.25, 0.3) is 0 Å². The summed E-state index contributed by atoms with van der Waals surface area (Å²) in [5.41, 5.74) is 0. The second-order valence-corrected chi connectivity index (χ2v) is 16.0. The Morgan fingerprint density at radius 3 is 1.03 bits per heavy atom. The first-order chi connectivity index (χ1) is 30.0. The molecule has 0 heterocycles. The number of ether oxygens (including phenoxy) is 3. The summed E-state index contributed by atoms with van der Waals surface area (Å²) in [6.45, 7) is 6.36. The summed E-state index contributed by atoms with van der Waals surface area (Å²) in [6.07, 6.45) is 63.8. The van der Waals surface area contributed by atoms with Crippen LogP contribution in [0.15, 0.2) is 97.2 Å². The summed E-state index contributed by atoms with van der Waals surface area (Å²) >= 11 is 0. The minimum atomic E-state index is -0.807. The van der Waals surface area contributed by atoms with Crippen LogP contribution in [0.4, 0.5) is 0 Å². The summed E-state index contributed by atoms with van der Waals surface area (Å²) in [5.74, 6) is -0.981. The highest BCUT2D eigenvalue weighted by Gasteiger charge is 2.19. The van der Waals surface area contributed by atoms with Crippen molar-refractivity contribution in [3.8, 4) is 0 Å². The summed E-state index contributed by atoms with van der Waals surface area (Å²) in [7, 11) is 0. The predicted octanol–water partition coefficient (Wildman–Crippen LogP) is 16.2. The lowest BCUT2D eigenvalue weighted by atomic mass is 10.1. The molecule has 0 aliphatic carbocycles. The van der Waals surface area contributed by atoms with E-state index >= 15 is 0 Å². The molecule has 0 unspecified atom stereocenters. The van der Waals surface area contributed by atoms with Crippen molar-refractivity contribution >= 4 is 17.9 Å². The SMILES string of the molecule is CC/C=C\C/C=C\C/C=C\C/C=C\CCCCC(=O)OC[C@@H](COC(=O)CCCCCCC/C=C\C/C=C\CCCC)OC(=O)CCCCCCC/C=C\C/C=C\CCCC. The lowest BCUT2D eigenvalue weighted by Crippen LogP contribution is -2.30. The number of hydrogen-bond acceptors (Lipinski definition) is 6. The zero-order valence-electron chi connectivity index (χ0n) is 39.4. The topological polar surface area (TPSA) is 78.9 Å². The van der Waals surface area contributed by atoms with E-state index in [1.54, 1.807) is 0 Å². The number of carbonyl (C=O) groups is 3. The smallest absolute Gasteiger partial charge is 0.306 e. The third-order valence-electron chi connectivity index (χ3n) is 10.0. The van der Waals surface area contributed by atoms with Gasteiger partial charge in [0.2, 0.25) is 0 Å². The fraction of sp³-hybridized carbons (Fsp3) is 0.655. The van der Waals surface area contributed by atoms with Crippen LogP contribution in [0.1, 0.15) is 213 Å². The van der Waals surface area contributed by atoms with Gasteiger partial charge in [-0.3, -0.25) is 14.4 Å². The Balaban J connectivity index is 4.52. The van der Waals surface area contributed by atoms with Crippen LogP contribution < -0.4 is 0 Å². The number of hydrogen-bond donors (Lipinski definition) is 0. The maximum absolute atomic E-state index is 12.8. The molecule has 61 heavy (non-hydrogen) atoms. The second-order valence-electron chi connectivity index (χ2n) is 16.0. The van der Waals surface area contributed by atoms with Crippen molar-refractivity contribution in [1.29, 1.82) is 0 Å². The van der Waals surface area contributed by atoms with E-state index in [1.807, 2.05) is 0 Å². The molecule has 0 bridgehead atoms. The van der Waals surface area contributed by atoms with Crippen molar-refractivity contribution in [3.05, 3.63) is 97.2 Å². The molecule has 0 aliphatic heterocycles. The quantitative estimate of drug-likeness (QED) is 0.0263. The standard InChI is InChI=1S/C55H90O6/c1-4-7-10-13-16-19-22-25-28-31-33-36-39-42-45-48-54(57)60-51-52(61-55(58)49-46-43-40-37-34-30-27-24-21-18-15-12-9-6-3)50-59-53(56)47-44-41-38-35-32-29-26-23-20-17-14-11-8-5-2/h7,10,14-19,23-28,33,36,52H,4-6,8-9,11-13,20-22,29-32,34-35,37-51H2,1-3H3/b10-7-,17-14-,18-15-,19-16-,26-23-,27-24-,28-25-,36-33-/t52-/m1/s1. The van der Waals surface area contributed by atoms with Crippen LogP contribution in [0.3, 0.4) is 0 Å². The van der Waals surface area contributed by atoms with Gasteiger partial charge in [-0.15, -0.1) is 0 Å². The average Bonchev–Trinajstić information content (AvgIpc) is 3.26. The van der Waals surface area contributed by atoms with Crippen molar-refractivity contribution in [2.24, 2.45) is 0 Å². The molecule has 1 atom stereocenters. The van der Waals surface area contributed by atoms with Gasteiger partial charge in [-0.1, -0.05) is 182 Å². The van der Waals surface area contributed by atoms with E-state index in [4.69, 9.17) is 14.2 Å². The lowest BCUT2D eigenvalue weighted by Gasteiger charge is -2.18. The van der Waals surface area contributed by atoms with Gasteiger partial charge in [-0.05, 0) is 109 Å². The Labute approximate surface area is 375 Å². The van der Waals surface area contributed by atoms with Crippen molar-refractivity contribution in [2.45, 2.75) is 219 Å². The molecule has 0 spiro atoms. The highest BCUT2D eigenvalue weighted by atomic mass is 16.6. The lowest BCUT2D eigenvalue weighted by molar-refractivity contribution is -0.167. The molecule has 0 saturated carbocycles. The molecular formula is C55H90O6. The zero-order chi connectivity index (χ0) is 44.4. The highest BCUT2D eigenvalue weighted by Crippen LogP contribution is 2.12. The summed E-state index contributed by atoms with van der Waals surface area (Å²) < 4.78 is 16.7. The Kier molecular flexibility index (Phi) is 46.0. The first-order valence-corrected chi connectivity index (χ1v) is 24.7. The van der Waals surface area contributed by atoms with Gasteiger partial charge in [0, 0.05) is 19.3 Å². The number of rotatable bonds is 43. The van der Waals surface area contributed by atoms with Crippen LogP contribution in [0.25, 0.3) is 0 Å². The molecule has 0 aromatic heterocycles. The van der Waals surface area contributed by atoms with Crippen LogP contribution in [-0.2, 0) is 28.6 Å². The molecule has 0 aliphatic rings. The number of unbranched alkanes of at least 4 members (excludes halogenated alkanes) is 16. The van der Waals surface area contributed by atoms with Crippen LogP contribution in [0.5, 0.6) is 0 Å². The first-order valence-electron chi connectivity index (χ1n) is 24.7. The minimum Gasteiger partial charge on any atom is -0.462 e. The van der Waals surface area contributed by atoms with Gasteiger partial charge in [0.15, 0.2) is 6.10 Å². The molecule has 0 saturated heterocycles. The zero-order valence-corrected chi connectivity index (χ0v) is 39.4. The normalized spacial score (nSPS) is 12.9. The van der Waals surface area contributed by atoms with Crippen molar-refractivity contribution < 1.29 is 28.6 Å². The highest BCUT2D eigenvalue weighted by molar-refractivity contribution is 5.71. The monoisotopic (exact) mass is 847 g/mol. The Morgan fingerprint density at radius 2 is 0.639 bits per heavy atom. The number of esters is 3. The van der Waals surface area contributed by atoms with Gasteiger partial charge in [0.05, 0.1) is 0 Å². The third kappa shape index (κ3) is 47.2. The van der Waals surface area contributed by atoms with Crippen LogP contribution in [0.2, 0.25) is 0 Å². The number of carbonyl (C=O) groups excluding carboxylic acids is 3. The molecule has 0 radical (unpaired) electrons. The molecule has 0 rings (SSSR count). The molecule has 0 aromatic carbocycles. The molecular weight excluding hydrogens is 757 g/mol. The van der Waals surface area contributed by atoms with Crippen LogP contribution in [-0.4, -0.2) is 37.2 Å². The fourth-order valence-corrected chi connectivity index (χ4v) is 6.29. The summed E-state index contributed by atoms with van der Waals surface area (Å²) in [6, 6.07) is 0. The van der Waals surface area contributed by atoms with Crippen LogP contribution in [0, 0.1) is 0 Å².